The Morgan fingerprint density at radius 2 is 2.00 bits per heavy atom. The molecule has 0 amide bonds. The van der Waals surface area contributed by atoms with Crippen LogP contribution in [0.4, 0.5) is 10.1 Å². The molecule has 17 heavy (non-hydrogen) atoms. The Kier molecular flexibility index (Phi) is 2.95. The average molecular weight is 232 g/mol. The first kappa shape index (κ1) is 11.4. The first-order valence-electron chi connectivity index (χ1n) is 5.17. The molecule has 0 saturated heterocycles. The quantitative estimate of drug-likeness (QED) is 0.866. The molecule has 2 aromatic rings. The SMILES string of the molecule is COc1ccc(-c2cncc(N)c2C)c(F)c1. The zero-order chi connectivity index (χ0) is 12.4. The van der Waals surface area contributed by atoms with Crippen LogP contribution in [0.25, 0.3) is 11.1 Å². The Morgan fingerprint density at radius 1 is 1.24 bits per heavy atom. The van der Waals surface area contributed by atoms with Crippen molar-refractivity contribution in [1.82, 2.24) is 4.98 Å². The number of hydrogen-bond acceptors (Lipinski definition) is 3. The van der Waals surface area contributed by atoms with Gasteiger partial charge in [0.2, 0.25) is 0 Å². The number of benzene rings is 1. The van der Waals surface area contributed by atoms with Crippen LogP contribution in [0.2, 0.25) is 0 Å². The fourth-order valence-corrected chi connectivity index (χ4v) is 1.65. The maximum Gasteiger partial charge on any atom is 0.134 e. The molecule has 1 heterocycles. The van der Waals surface area contributed by atoms with Crippen LogP contribution in [0.1, 0.15) is 5.56 Å². The molecule has 0 aliphatic heterocycles. The van der Waals surface area contributed by atoms with E-state index in [1.807, 2.05) is 6.92 Å². The van der Waals surface area contributed by atoms with Gasteiger partial charge in [-0.15, -0.1) is 0 Å². The lowest BCUT2D eigenvalue weighted by molar-refractivity contribution is 0.411. The van der Waals surface area contributed by atoms with E-state index in [1.165, 1.54) is 13.2 Å². The average Bonchev–Trinajstić information content (AvgIpc) is 2.33. The number of methoxy groups -OCH3 is 1. The number of hydrogen-bond donors (Lipinski definition) is 1. The van der Waals surface area contributed by atoms with Crippen LogP contribution in [-0.2, 0) is 0 Å². The lowest BCUT2D eigenvalue weighted by Crippen LogP contribution is -1.96. The zero-order valence-electron chi connectivity index (χ0n) is 9.70. The van der Waals surface area contributed by atoms with E-state index in [4.69, 9.17) is 10.5 Å². The first-order valence-corrected chi connectivity index (χ1v) is 5.17. The van der Waals surface area contributed by atoms with E-state index >= 15 is 0 Å². The van der Waals surface area contributed by atoms with Gasteiger partial charge in [-0.25, -0.2) is 4.39 Å². The maximum absolute atomic E-state index is 13.9. The highest BCUT2D eigenvalue weighted by Gasteiger charge is 2.10. The van der Waals surface area contributed by atoms with Gasteiger partial charge in [0.25, 0.3) is 0 Å². The van der Waals surface area contributed by atoms with Crippen molar-refractivity contribution in [3.8, 4) is 16.9 Å². The molecule has 1 aromatic carbocycles. The molecule has 0 aliphatic rings. The smallest absolute Gasteiger partial charge is 0.134 e. The molecule has 1 aromatic heterocycles. The number of nitrogens with two attached hydrogens (primary N) is 1. The molecule has 0 radical (unpaired) electrons. The van der Waals surface area contributed by atoms with Crippen molar-refractivity contribution >= 4 is 5.69 Å². The van der Waals surface area contributed by atoms with Gasteiger partial charge >= 0.3 is 0 Å². The second kappa shape index (κ2) is 4.41. The van der Waals surface area contributed by atoms with Crippen molar-refractivity contribution in [3.05, 3.63) is 42.0 Å². The Balaban J connectivity index is 2.57. The second-order valence-electron chi connectivity index (χ2n) is 3.75. The maximum atomic E-state index is 13.9. The summed E-state index contributed by atoms with van der Waals surface area (Å²) in [6.45, 7) is 1.84. The Bertz CT molecular complexity index is 555. The number of rotatable bonds is 2. The number of pyridine rings is 1. The van der Waals surface area contributed by atoms with Gasteiger partial charge in [-0.2, -0.15) is 0 Å². The predicted molar refractivity (Wildman–Crippen MR) is 65.3 cm³/mol. The van der Waals surface area contributed by atoms with E-state index in [0.29, 0.717) is 22.6 Å². The number of ether oxygens (including phenoxy) is 1. The third kappa shape index (κ3) is 2.06. The highest BCUT2D eigenvalue weighted by atomic mass is 19.1. The van der Waals surface area contributed by atoms with Gasteiger partial charge in [0, 0.05) is 23.4 Å². The molecule has 0 fully saturated rings. The van der Waals surface area contributed by atoms with Crippen molar-refractivity contribution in [3.63, 3.8) is 0 Å². The van der Waals surface area contributed by atoms with Crippen LogP contribution in [0, 0.1) is 12.7 Å². The zero-order valence-corrected chi connectivity index (χ0v) is 9.70. The normalized spacial score (nSPS) is 10.3. The van der Waals surface area contributed by atoms with Gasteiger partial charge in [0.05, 0.1) is 19.0 Å². The number of aromatic nitrogens is 1. The molecule has 4 heteroatoms. The molecule has 2 N–H and O–H groups in total. The molecular weight excluding hydrogens is 219 g/mol. The van der Waals surface area contributed by atoms with Crippen molar-refractivity contribution < 1.29 is 9.13 Å². The highest BCUT2D eigenvalue weighted by molar-refractivity contribution is 5.72. The Hall–Kier alpha value is -2.10. The van der Waals surface area contributed by atoms with Gasteiger partial charge in [-0.3, -0.25) is 4.98 Å². The molecule has 0 saturated carbocycles. The standard InChI is InChI=1S/C13H13FN2O/c1-8-11(6-16-7-13(8)15)10-4-3-9(17-2)5-12(10)14/h3-7H,15H2,1-2H3. The summed E-state index contributed by atoms with van der Waals surface area (Å²) in [6.07, 6.45) is 3.16. The van der Waals surface area contributed by atoms with Crippen molar-refractivity contribution in [1.29, 1.82) is 0 Å². The van der Waals surface area contributed by atoms with Crippen LogP contribution in [0.3, 0.4) is 0 Å². The predicted octanol–water partition coefficient (Wildman–Crippen LogP) is 2.79. The van der Waals surface area contributed by atoms with Gasteiger partial charge in [-0.1, -0.05) is 0 Å². The summed E-state index contributed by atoms with van der Waals surface area (Å²) in [4.78, 5) is 3.98. The van der Waals surface area contributed by atoms with Crippen molar-refractivity contribution in [2.45, 2.75) is 6.92 Å². The topological polar surface area (TPSA) is 48.1 Å². The van der Waals surface area contributed by atoms with E-state index in [1.54, 1.807) is 24.5 Å². The molecule has 0 spiro atoms. The van der Waals surface area contributed by atoms with Gasteiger partial charge in [0.1, 0.15) is 11.6 Å². The van der Waals surface area contributed by atoms with Crippen LogP contribution in [0.15, 0.2) is 30.6 Å². The Labute approximate surface area is 99.1 Å². The number of halogens is 1. The Morgan fingerprint density at radius 3 is 2.65 bits per heavy atom. The van der Waals surface area contributed by atoms with E-state index < -0.39 is 0 Å². The largest absolute Gasteiger partial charge is 0.497 e. The summed E-state index contributed by atoms with van der Waals surface area (Å²) in [6, 6.07) is 4.72. The van der Waals surface area contributed by atoms with Crippen LogP contribution < -0.4 is 10.5 Å². The monoisotopic (exact) mass is 232 g/mol. The van der Waals surface area contributed by atoms with Gasteiger partial charge in [0.15, 0.2) is 0 Å². The van der Waals surface area contributed by atoms with Crippen LogP contribution >= 0.6 is 0 Å². The molecular formula is C13H13FN2O. The number of nitrogen functional groups attached to an aromatic ring is 1. The molecule has 0 unspecified atom stereocenters. The lowest BCUT2D eigenvalue weighted by atomic mass is 10.0. The summed E-state index contributed by atoms with van der Waals surface area (Å²) in [5, 5.41) is 0. The summed E-state index contributed by atoms with van der Waals surface area (Å²) in [5.74, 6) is 0.139. The van der Waals surface area contributed by atoms with Crippen molar-refractivity contribution in [2.75, 3.05) is 12.8 Å². The third-order valence-electron chi connectivity index (χ3n) is 2.72. The lowest BCUT2D eigenvalue weighted by Gasteiger charge is -2.09. The van der Waals surface area contributed by atoms with E-state index in [2.05, 4.69) is 4.98 Å². The molecule has 0 atom stereocenters. The minimum Gasteiger partial charge on any atom is -0.497 e. The third-order valence-corrected chi connectivity index (χ3v) is 2.72. The van der Waals surface area contributed by atoms with Gasteiger partial charge < -0.3 is 10.5 Å². The highest BCUT2D eigenvalue weighted by Crippen LogP contribution is 2.30. The minimum absolute atomic E-state index is 0.347. The minimum atomic E-state index is -0.347. The summed E-state index contributed by atoms with van der Waals surface area (Å²) in [7, 11) is 1.50. The second-order valence-corrected chi connectivity index (χ2v) is 3.75. The molecule has 2 rings (SSSR count). The number of nitrogens with zero attached hydrogens (tertiary/aromatic N) is 1. The fraction of sp³-hybridized carbons (Fsp3) is 0.154. The van der Waals surface area contributed by atoms with Crippen LogP contribution in [-0.4, -0.2) is 12.1 Å². The molecule has 0 bridgehead atoms. The summed E-state index contributed by atoms with van der Waals surface area (Å²) >= 11 is 0. The summed E-state index contributed by atoms with van der Waals surface area (Å²) < 4.78 is 18.8. The van der Waals surface area contributed by atoms with E-state index in [0.717, 1.165) is 5.56 Å². The molecule has 3 nitrogen and oxygen atoms in total. The molecule has 0 aliphatic carbocycles. The fourth-order valence-electron chi connectivity index (χ4n) is 1.65. The number of anilines is 1. The first-order chi connectivity index (χ1) is 8.13. The van der Waals surface area contributed by atoms with E-state index in [9.17, 15) is 4.39 Å². The van der Waals surface area contributed by atoms with E-state index in [-0.39, 0.29) is 5.82 Å². The van der Waals surface area contributed by atoms with Crippen molar-refractivity contribution in [2.24, 2.45) is 0 Å². The summed E-state index contributed by atoms with van der Waals surface area (Å²) in [5.41, 5.74) is 8.31. The molecule has 88 valence electrons. The van der Waals surface area contributed by atoms with Crippen LogP contribution in [0.5, 0.6) is 5.75 Å². The van der Waals surface area contributed by atoms with Gasteiger partial charge in [-0.05, 0) is 24.6 Å².